The molecule has 248 valence electrons. The standard InChI is InChI=1S/C35H62N2O6/c1-6-7-8-9-10-11-12-13-14-15-16-17-18-19-20-21-30(38)37-24-22-28(23-25-37)29(33(40)41)26-36-32(39)31-34(2,3)27-42-35(4,5)43-31/h13-14,28-29,31H,6-12,15-27H2,1-5H3,(H,36,39)(H,40,41). The highest BCUT2D eigenvalue weighted by Gasteiger charge is 2.46. The normalized spacial score (nSPS) is 21.1. The van der Waals surface area contributed by atoms with Crippen molar-refractivity contribution in [3.05, 3.63) is 12.2 Å². The Kier molecular flexibility index (Phi) is 16.9. The lowest BCUT2D eigenvalue weighted by atomic mass is 9.83. The Balaban J connectivity index is 1.58. The molecule has 43 heavy (non-hydrogen) atoms. The summed E-state index contributed by atoms with van der Waals surface area (Å²) in [6.07, 6.45) is 21.9. The van der Waals surface area contributed by atoms with Gasteiger partial charge in [-0.25, -0.2) is 0 Å². The van der Waals surface area contributed by atoms with Gasteiger partial charge < -0.3 is 24.8 Å². The van der Waals surface area contributed by atoms with E-state index in [-0.39, 0.29) is 24.3 Å². The summed E-state index contributed by atoms with van der Waals surface area (Å²) in [6.45, 7) is 11.2. The average Bonchev–Trinajstić information content (AvgIpc) is 2.96. The number of hydrogen-bond donors (Lipinski definition) is 2. The smallest absolute Gasteiger partial charge is 0.308 e. The van der Waals surface area contributed by atoms with Crippen LogP contribution in [0.5, 0.6) is 0 Å². The predicted molar refractivity (Wildman–Crippen MR) is 172 cm³/mol. The molecule has 0 aromatic heterocycles. The molecule has 0 aromatic rings. The number of nitrogens with zero attached hydrogens (tertiary/aromatic N) is 1. The first-order valence-electron chi connectivity index (χ1n) is 17.2. The summed E-state index contributed by atoms with van der Waals surface area (Å²) in [4.78, 5) is 39.8. The summed E-state index contributed by atoms with van der Waals surface area (Å²) >= 11 is 0. The van der Waals surface area contributed by atoms with Gasteiger partial charge in [0.1, 0.15) is 6.10 Å². The van der Waals surface area contributed by atoms with Crippen LogP contribution in [0.3, 0.4) is 0 Å². The van der Waals surface area contributed by atoms with Gasteiger partial charge in [0, 0.05) is 31.5 Å². The molecule has 2 unspecified atom stereocenters. The lowest BCUT2D eigenvalue weighted by Gasteiger charge is -2.45. The number of allylic oxidation sites excluding steroid dienone is 2. The van der Waals surface area contributed by atoms with Gasteiger partial charge in [-0.05, 0) is 64.7 Å². The van der Waals surface area contributed by atoms with E-state index in [0.29, 0.717) is 39.0 Å². The van der Waals surface area contributed by atoms with Crippen LogP contribution in [0, 0.1) is 17.3 Å². The molecular formula is C35H62N2O6. The van der Waals surface area contributed by atoms with Crippen LogP contribution in [0.1, 0.15) is 137 Å². The highest BCUT2D eigenvalue weighted by Crippen LogP contribution is 2.35. The molecule has 2 amide bonds. The van der Waals surface area contributed by atoms with Crippen LogP contribution >= 0.6 is 0 Å². The highest BCUT2D eigenvalue weighted by atomic mass is 16.7. The topological polar surface area (TPSA) is 105 Å². The second-order valence-corrected chi connectivity index (χ2v) is 13.9. The second-order valence-electron chi connectivity index (χ2n) is 13.9. The van der Waals surface area contributed by atoms with Gasteiger partial charge in [0.2, 0.25) is 11.8 Å². The number of rotatable bonds is 20. The minimum absolute atomic E-state index is 0.0545. The number of aliphatic carboxylic acids is 1. The van der Waals surface area contributed by atoms with E-state index in [4.69, 9.17) is 9.47 Å². The predicted octanol–water partition coefficient (Wildman–Crippen LogP) is 7.26. The molecule has 2 aliphatic heterocycles. The molecule has 0 radical (unpaired) electrons. The van der Waals surface area contributed by atoms with Crippen LogP contribution in [0.15, 0.2) is 12.2 Å². The van der Waals surface area contributed by atoms with E-state index in [0.717, 1.165) is 19.3 Å². The molecule has 2 rings (SSSR count). The molecule has 0 saturated carbocycles. The van der Waals surface area contributed by atoms with Gasteiger partial charge in [0.05, 0.1) is 12.5 Å². The Bertz CT molecular complexity index is 862. The Morgan fingerprint density at radius 3 is 2.02 bits per heavy atom. The molecule has 8 heteroatoms. The zero-order valence-electron chi connectivity index (χ0n) is 28.0. The van der Waals surface area contributed by atoms with Crippen molar-refractivity contribution in [1.82, 2.24) is 10.2 Å². The quantitative estimate of drug-likeness (QED) is 0.112. The molecule has 0 bridgehead atoms. The van der Waals surface area contributed by atoms with Gasteiger partial charge in [-0.3, -0.25) is 14.4 Å². The number of ether oxygens (including phenoxy) is 2. The Morgan fingerprint density at radius 1 is 0.884 bits per heavy atom. The minimum Gasteiger partial charge on any atom is -0.481 e. The van der Waals surface area contributed by atoms with Crippen molar-refractivity contribution in [2.24, 2.45) is 17.3 Å². The Labute approximate surface area is 261 Å². The van der Waals surface area contributed by atoms with Crippen molar-refractivity contribution in [2.45, 2.75) is 149 Å². The summed E-state index contributed by atoms with van der Waals surface area (Å²) in [7, 11) is 0. The number of likely N-dealkylation sites (tertiary alicyclic amines) is 1. The number of carboxylic acid groups (broad SMARTS) is 1. The van der Waals surface area contributed by atoms with Crippen molar-refractivity contribution < 1.29 is 29.0 Å². The molecule has 2 aliphatic rings. The first kappa shape index (κ1) is 37.3. The van der Waals surface area contributed by atoms with Gasteiger partial charge in [0.15, 0.2) is 5.79 Å². The van der Waals surface area contributed by atoms with Crippen molar-refractivity contribution in [1.29, 1.82) is 0 Å². The highest BCUT2D eigenvalue weighted by molar-refractivity contribution is 5.82. The van der Waals surface area contributed by atoms with Crippen LogP contribution in [0.25, 0.3) is 0 Å². The fraction of sp³-hybridized carbons (Fsp3) is 0.857. The minimum atomic E-state index is -0.911. The fourth-order valence-electron chi connectivity index (χ4n) is 6.14. The summed E-state index contributed by atoms with van der Waals surface area (Å²) in [6, 6.07) is 0. The number of amides is 2. The molecule has 8 nitrogen and oxygen atoms in total. The van der Waals surface area contributed by atoms with E-state index in [2.05, 4.69) is 24.4 Å². The third-order valence-corrected chi connectivity index (χ3v) is 9.07. The van der Waals surface area contributed by atoms with E-state index in [1.807, 2.05) is 18.7 Å². The summed E-state index contributed by atoms with van der Waals surface area (Å²) in [5, 5.41) is 12.8. The van der Waals surface area contributed by atoms with Crippen molar-refractivity contribution >= 4 is 17.8 Å². The lowest BCUT2D eigenvalue weighted by Crippen LogP contribution is -2.57. The SMILES string of the molecule is CCCCCCCCC=CCCCCCCCC(=O)N1CCC(C(CNC(=O)C2OC(C)(C)OCC2(C)C)C(=O)O)CC1. The fourth-order valence-corrected chi connectivity index (χ4v) is 6.14. The van der Waals surface area contributed by atoms with Gasteiger partial charge in [0.25, 0.3) is 0 Å². The number of carbonyl (C=O) groups is 3. The first-order valence-corrected chi connectivity index (χ1v) is 17.2. The van der Waals surface area contributed by atoms with Crippen molar-refractivity contribution in [3.63, 3.8) is 0 Å². The van der Waals surface area contributed by atoms with E-state index >= 15 is 0 Å². The second kappa shape index (κ2) is 19.5. The van der Waals surface area contributed by atoms with Crippen LogP contribution in [0.4, 0.5) is 0 Å². The maximum Gasteiger partial charge on any atom is 0.308 e. The number of hydrogen-bond acceptors (Lipinski definition) is 5. The maximum absolute atomic E-state index is 13.0. The third kappa shape index (κ3) is 14.1. The largest absolute Gasteiger partial charge is 0.481 e. The van der Waals surface area contributed by atoms with Crippen molar-refractivity contribution in [3.8, 4) is 0 Å². The van der Waals surface area contributed by atoms with Crippen LogP contribution in [-0.4, -0.2) is 65.9 Å². The number of piperidine rings is 1. The maximum atomic E-state index is 13.0. The van der Waals surface area contributed by atoms with Gasteiger partial charge in [-0.2, -0.15) is 0 Å². The van der Waals surface area contributed by atoms with E-state index < -0.39 is 29.2 Å². The third-order valence-electron chi connectivity index (χ3n) is 9.07. The molecule has 2 saturated heterocycles. The van der Waals surface area contributed by atoms with E-state index in [9.17, 15) is 19.5 Å². The van der Waals surface area contributed by atoms with E-state index in [1.54, 1.807) is 13.8 Å². The number of carbonyl (C=O) groups excluding carboxylic acids is 2. The van der Waals surface area contributed by atoms with Gasteiger partial charge >= 0.3 is 5.97 Å². The number of carboxylic acids is 1. The first-order chi connectivity index (χ1) is 20.5. The van der Waals surface area contributed by atoms with E-state index in [1.165, 1.54) is 64.2 Å². The molecular weight excluding hydrogens is 544 g/mol. The summed E-state index contributed by atoms with van der Waals surface area (Å²) < 4.78 is 11.6. The molecule has 0 spiro atoms. The molecule has 2 N–H and O–H groups in total. The molecule has 2 heterocycles. The summed E-state index contributed by atoms with van der Waals surface area (Å²) in [5.74, 6) is -2.68. The molecule has 0 aromatic carbocycles. The van der Waals surface area contributed by atoms with Crippen molar-refractivity contribution in [2.75, 3.05) is 26.2 Å². The summed E-state index contributed by atoms with van der Waals surface area (Å²) in [5.41, 5.74) is -0.520. The molecule has 0 aliphatic carbocycles. The number of unbranched alkanes of at least 4 members (excludes halogenated alkanes) is 11. The number of nitrogens with one attached hydrogen (secondary N) is 1. The lowest BCUT2D eigenvalue weighted by molar-refractivity contribution is -0.304. The van der Waals surface area contributed by atoms with Crippen LogP contribution in [0.2, 0.25) is 0 Å². The van der Waals surface area contributed by atoms with Gasteiger partial charge in [-0.1, -0.05) is 84.3 Å². The molecule has 2 fully saturated rings. The van der Waals surface area contributed by atoms with Crippen LogP contribution in [-0.2, 0) is 23.9 Å². The van der Waals surface area contributed by atoms with Crippen LogP contribution < -0.4 is 5.32 Å². The average molecular weight is 607 g/mol. The zero-order chi connectivity index (χ0) is 31.7. The Morgan fingerprint density at radius 2 is 1.44 bits per heavy atom. The van der Waals surface area contributed by atoms with Gasteiger partial charge in [-0.15, -0.1) is 0 Å². The zero-order valence-corrected chi connectivity index (χ0v) is 28.0. The Hall–Kier alpha value is -1.93. The molecule has 2 atom stereocenters. The monoisotopic (exact) mass is 606 g/mol.